The van der Waals surface area contributed by atoms with Crippen LogP contribution in [0.4, 0.5) is 0 Å². The van der Waals surface area contributed by atoms with E-state index < -0.39 is 11.9 Å². The predicted octanol–water partition coefficient (Wildman–Crippen LogP) is 0.261. The summed E-state index contributed by atoms with van der Waals surface area (Å²) in [4.78, 5) is 26.3. The van der Waals surface area contributed by atoms with E-state index in [1.807, 2.05) is 0 Å². The topological polar surface area (TPSA) is 60.9 Å². The molecule has 1 aliphatic rings. The first kappa shape index (κ1) is 13.0. The van der Waals surface area contributed by atoms with Crippen LogP contribution in [0.1, 0.15) is 19.8 Å². The van der Waals surface area contributed by atoms with E-state index in [-0.39, 0.29) is 5.91 Å². The summed E-state index contributed by atoms with van der Waals surface area (Å²) in [6, 6.07) is 0. The van der Waals surface area contributed by atoms with Gasteiger partial charge in [0, 0.05) is 19.6 Å². The number of carboxylic acid groups (broad SMARTS) is 1. The molecule has 1 saturated heterocycles. The normalized spacial score (nSPS) is 23.2. The number of likely N-dealkylation sites (N-methyl/N-ethyl adjacent to an activating group) is 1. The quantitative estimate of drug-likeness (QED) is 0.750. The Morgan fingerprint density at radius 2 is 2.19 bits per heavy atom. The maximum Gasteiger partial charge on any atom is 0.309 e. The second-order valence-corrected chi connectivity index (χ2v) is 4.43. The molecule has 0 aromatic carbocycles. The predicted molar refractivity (Wildman–Crippen MR) is 60.1 cm³/mol. The average Bonchev–Trinajstić information content (AvgIpc) is 2.34. The van der Waals surface area contributed by atoms with Crippen LogP contribution >= 0.6 is 0 Å². The van der Waals surface area contributed by atoms with Gasteiger partial charge in [0.05, 0.1) is 12.5 Å². The van der Waals surface area contributed by atoms with E-state index in [1.54, 1.807) is 16.8 Å². The van der Waals surface area contributed by atoms with Crippen molar-refractivity contribution in [2.75, 3.05) is 33.2 Å². The van der Waals surface area contributed by atoms with E-state index in [9.17, 15) is 9.59 Å². The number of unbranched alkanes of at least 4 members (excludes halogenated alkanes) is 1. The molecule has 0 radical (unpaired) electrons. The SMILES string of the molecule is CCCCN1CC(C(=O)O)CN(C)CC1=O. The third kappa shape index (κ3) is 3.48. The Hall–Kier alpha value is -1.10. The highest BCUT2D eigenvalue weighted by atomic mass is 16.4. The smallest absolute Gasteiger partial charge is 0.309 e. The highest BCUT2D eigenvalue weighted by Gasteiger charge is 2.29. The summed E-state index contributed by atoms with van der Waals surface area (Å²) in [7, 11) is 1.79. The maximum absolute atomic E-state index is 11.8. The minimum atomic E-state index is -0.817. The van der Waals surface area contributed by atoms with Gasteiger partial charge in [0.1, 0.15) is 0 Å². The van der Waals surface area contributed by atoms with Crippen molar-refractivity contribution in [1.82, 2.24) is 9.80 Å². The Bertz CT molecular complexity index is 268. The van der Waals surface area contributed by atoms with Gasteiger partial charge in [-0.05, 0) is 13.5 Å². The fourth-order valence-electron chi connectivity index (χ4n) is 1.92. The third-order valence-corrected chi connectivity index (χ3v) is 2.86. The lowest BCUT2D eigenvalue weighted by Gasteiger charge is -2.21. The summed E-state index contributed by atoms with van der Waals surface area (Å²) in [5, 5.41) is 9.05. The number of hydrogen-bond acceptors (Lipinski definition) is 3. The van der Waals surface area contributed by atoms with Gasteiger partial charge >= 0.3 is 5.97 Å². The zero-order valence-electron chi connectivity index (χ0n) is 9.98. The van der Waals surface area contributed by atoms with Gasteiger partial charge < -0.3 is 10.0 Å². The monoisotopic (exact) mass is 228 g/mol. The Kier molecular flexibility index (Phi) is 4.73. The Labute approximate surface area is 96.0 Å². The fraction of sp³-hybridized carbons (Fsp3) is 0.818. The van der Waals surface area contributed by atoms with Crippen LogP contribution in [0.15, 0.2) is 0 Å². The molecule has 0 aromatic heterocycles. The van der Waals surface area contributed by atoms with Crippen LogP contribution in [0, 0.1) is 5.92 Å². The zero-order chi connectivity index (χ0) is 12.1. The van der Waals surface area contributed by atoms with E-state index in [0.717, 1.165) is 12.8 Å². The molecule has 0 spiro atoms. The molecule has 5 heteroatoms. The van der Waals surface area contributed by atoms with Crippen molar-refractivity contribution in [2.24, 2.45) is 5.92 Å². The van der Waals surface area contributed by atoms with E-state index in [1.165, 1.54) is 0 Å². The van der Waals surface area contributed by atoms with Crippen molar-refractivity contribution in [1.29, 1.82) is 0 Å². The largest absolute Gasteiger partial charge is 0.481 e. The van der Waals surface area contributed by atoms with Crippen molar-refractivity contribution < 1.29 is 14.7 Å². The molecule has 1 rings (SSSR count). The molecule has 1 aliphatic heterocycles. The van der Waals surface area contributed by atoms with Crippen molar-refractivity contribution >= 4 is 11.9 Å². The number of aliphatic carboxylic acids is 1. The van der Waals surface area contributed by atoms with E-state index in [2.05, 4.69) is 6.92 Å². The van der Waals surface area contributed by atoms with Crippen LogP contribution in [0.2, 0.25) is 0 Å². The van der Waals surface area contributed by atoms with Gasteiger partial charge in [-0.2, -0.15) is 0 Å². The summed E-state index contributed by atoms with van der Waals surface area (Å²) in [5.74, 6) is -1.24. The molecule has 0 bridgehead atoms. The van der Waals surface area contributed by atoms with Gasteiger partial charge in [0.25, 0.3) is 0 Å². The Morgan fingerprint density at radius 1 is 1.50 bits per heavy atom. The van der Waals surface area contributed by atoms with Crippen LogP contribution in [0.25, 0.3) is 0 Å². The summed E-state index contributed by atoms with van der Waals surface area (Å²) >= 11 is 0. The number of amides is 1. The number of nitrogens with zero attached hydrogens (tertiary/aromatic N) is 2. The van der Waals surface area contributed by atoms with Crippen molar-refractivity contribution in [3.05, 3.63) is 0 Å². The van der Waals surface area contributed by atoms with Crippen molar-refractivity contribution in [3.8, 4) is 0 Å². The molecule has 16 heavy (non-hydrogen) atoms. The Morgan fingerprint density at radius 3 is 2.75 bits per heavy atom. The molecule has 5 nitrogen and oxygen atoms in total. The lowest BCUT2D eigenvalue weighted by molar-refractivity contribution is -0.142. The molecule has 0 saturated carbocycles. The van der Waals surface area contributed by atoms with Crippen molar-refractivity contribution in [2.45, 2.75) is 19.8 Å². The first-order valence-corrected chi connectivity index (χ1v) is 5.73. The second kappa shape index (κ2) is 5.84. The van der Waals surface area contributed by atoms with Gasteiger partial charge in [-0.25, -0.2) is 0 Å². The third-order valence-electron chi connectivity index (χ3n) is 2.86. The molecule has 1 unspecified atom stereocenters. The van der Waals surface area contributed by atoms with Crippen LogP contribution in [-0.4, -0.2) is 60.0 Å². The lowest BCUT2D eigenvalue weighted by Crippen LogP contribution is -2.37. The minimum absolute atomic E-state index is 0.0414. The number of carboxylic acids is 1. The molecular weight excluding hydrogens is 208 g/mol. The molecule has 1 N–H and O–H groups in total. The molecule has 1 amide bonds. The van der Waals surface area contributed by atoms with Crippen LogP contribution in [0.3, 0.4) is 0 Å². The summed E-state index contributed by atoms with van der Waals surface area (Å²) < 4.78 is 0. The molecule has 1 atom stereocenters. The minimum Gasteiger partial charge on any atom is -0.481 e. The van der Waals surface area contributed by atoms with E-state index >= 15 is 0 Å². The standard InChI is InChI=1S/C11H20N2O3/c1-3-4-5-13-7-9(11(15)16)6-12(2)8-10(13)14/h9H,3-8H2,1-2H3,(H,15,16). The van der Waals surface area contributed by atoms with Crippen LogP contribution < -0.4 is 0 Å². The first-order valence-electron chi connectivity index (χ1n) is 5.73. The van der Waals surface area contributed by atoms with Crippen LogP contribution in [-0.2, 0) is 9.59 Å². The van der Waals surface area contributed by atoms with Crippen LogP contribution in [0.5, 0.6) is 0 Å². The van der Waals surface area contributed by atoms with Gasteiger partial charge in [-0.3, -0.25) is 14.5 Å². The van der Waals surface area contributed by atoms with E-state index in [0.29, 0.717) is 26.2 Å². The molecule has 1 fully saturated rings. The van der Waals surface area contributed by atoms with Crippen molar-refractivity contribution in [3.63, 3.8) is 0 Å². The summed E-state index contributed by atoms with van der Waals surface area (Å²) in [6.07, 6.45) is 1.94. The lowest BCUT2D eigenvalue weighted by atomic mass is 10.1. The zero-order valence-corrected chi connectivity index (χ0v) is 9.98. The molecular formula is C11H20N2O3. The highest BCUT2D eigenvalue weighted by Crippen LogP contribution is 2.10. The molecule has 1 heterocycles. The molecule has 0 aliphatic carbocycles. The summed E-state index contributed by atoms with van der Waals surface area (Å²) in [5.41, 5.74) is 0. The average molecular weight is 228 g/mol. The number of hydrogen-bond donors (Lipinski definition) is 1. The highest BCUT2D eigenvalue weighted by molar-refractivity contribution is 5.80. The number of rotatable bonds is 4. The van der Waals surface area contributed by atoms with Gasteiger partial charge in [0.15, 0.2) is 0 Å². The first-order chi connectivity index (χ1) is 7.54. The van der Waals surface area contributed by atoms with Gasteiger partial charge in [-0.15, -0.1) is 0 Å². The second-order valence-electron chi connectivity index (χ2n) is 4.43. The summed E-state index contributed by atoms with van der Waals surface area (Å²) in [6.45, 7) is 3.85. The molecule has 0 aromatic rings. The molecule has 92 valence electrons. The Balaban J connectivity index is 2.66. The van der Waals surface area contributed by atoms with Gasteiger partial charge in [-0.1, -0.05) is 13.3 Å². The van der Waals surface area contributed by atoms with Gasteiger partial charge in [0.2, 0.25) is 5.91 Å². The van der Waals surface area contributed by atoms with E-state index in [4.69, 9.17) is 5.11 Å². The number of carbonyl (C=O) groups is 2. The fourth-order valence-corrected chi connectivity index (χ4v) is 1.92. The maximum atomic E-state index is 11.8. The number of carbonyl (C=O) groups excluding carboxylic acids is 1.